The molecule has 1 rings (SSSR count). The average molecular weight is 287 g/mol. The van der Waals surface area contributed by atoms with E-state index in [0.29, 0.717) is 6.42 Å². The summed E-state index contributed by atoms with van der Waals surface area (Å²) in [6, 6.07) is 0. The van der Waals surface area contributed by atoms with Crippen molar-refractivity contribution in [1.82, 2.24) is 4.72 Å². The largest absolute Gasteiger partial charge is 0.273 e. The van der Waals surface area contributed by atoms with Gasteiger partial charge in [0.1, 0.15) is 0 Å². The molecule has 0 heterocycles. The minimum Gasteiger partial charge on any atom is -0.273 e. The van der Waals surface area contributed by atoms with Crippen LogP contribution in [-0.4, -0.2) is 19.1 Å². The maximum atomic E-state index is 12.5. The van der Waals surface area contributed by atoms with E-state index in [1.165, 1.54) is 0 Å². The third-order valence-electron chi connectivity index (χ3n) is 4.08. The third kappa shape index (κ3) is 2.57. The highest BCUT2D eigenvalue weighted by Crippen LogP contribution is 2.63. The molecule has 0 aromatic carbocycles. The molecule has 0 spiro atoms. The Balaban J connectivity index is 3.05. The molecule has 110 valence electrons. The molecule has 19 heavy (non-hydrogen) atoms. The highest BCUT2D eigenvalue weighted by Gasteiger charge is 2.65. The molecule has 2 atom stereocenters. The molecular formula is C14H25NO3S. The number of hydrogen-bond donors (Lipinski definition) is 1. The van der Waals surface area contributed by atoms with E-state index >= 15 is 0 Å². The van der Waals surface area contributed by atoms with Gasteiger partial charge in [0.15, 0.2) is 0 Å². The van der Waals surface area contributed by atoms with Gasteiger partial charge in [0.05, 0.1) is 10.2 Å². The van der Waals surface area contributed by atoms with Crippen LogP contribution >= 0.6 is 0 Å². The Morgan fingerprint density at radius 1 is 1.26 bits per heavy atom. The first-order valence-corrected chi connectivity index (χ1v) is 7.97. The second kappa shape index (κ2) is 4.33. The van der Waals surface area contributed by atoms with E-state index < -0.39 is 26.1 Å². The number of nitrogens with one attached hydrogen (secondary N) is 1. The summed E-state index contributed by atoms with van der Waals surface area (Å²) in [7, 11) is -3.67. The van der Waals surface area contributed by atoms with Crippen LogP contribution in [-0.2, 0) is 14.8 Å². The molecule has 1 aliphatic rings. The Kier molecular flexibility index (Phi) is 3.70. The summed E-state index contributed by atoms with van der Waals surface area (Å²) >= 11 is 0. The zero-order chi connectivity index (χ0) is 15.3. The molecule has 0 radical (unpaired) electrons. The molecule has 0 aromatic heterocycles. The molecule has 4 nitrogen and oxygen atoms in total. The van der Waals surface area contributed by atoms with Crippen molar-refractivity contribution in [3.63, 3.8) is 0 Å². The summed E-state index contributed by atoms with van der Waals surface area (Å²) in [6.45, 7) is 14.3. The first kappa shape index (κ1) is 16.2. The fourth-order valence-electron chi connectivity index (χ4n) is 2.40. The predicted octanol–water partition coefficient (Wildman–Crippen LogP) is 2.47. The van der Waals surface area contributed by atoms with Gasteiger partial charge in [-0.2, -0.15) is 0 Å². The van der Waals surface area contributed by atoms with Crippen LogP contribution in [0.4, 0.5) is 0 Å². The molecule has 0 bridgehead atoms. The fraction of sp³-hybridized carbons (Fsp3) is 0.786. The third-order valence-corrected chi connectivity index (χ3v) is 6.14. The second-order valence-corrected chi connectivity index (χ2v) is 9.75. The van der Waals surface area contributed by atoms with Crippen molar-refractivity contribution in [3.8, 4) is 0 Å². The Morgan fingerprint density at radius 3 is 2.00 bits per heavy atom. The van der Waals surface area contributed by atoms with Gasteiger partial charge in [-0.25, -0.2) is 8.42 Å². The van der Waals surface area contributed by atoms with Crippen LogP contribution in [0.2, 0.25) is 0 Å². The lowest BCUT2D eigenvalue weighted by Gasteiger charge is -2.32. The van der Waals surface area contributed by atoms with Crippen LogP contribution in [0.25, 0.3) is 0 Å². The number of hydrogen-bond acceptors (Lipinski definition) is 3. The molecule has 1 N–H and O–H groups in total. The quantitative estimate of drug-likeness (QED) is 0.811. The van der Waals surface area contributed by atoms with Gasteiger partial charge in [-0.05, 0) is 38.5 Å². The minimum absolute atomic E-state index is 0.0441. The van der Waals surface area contributed by atoms with Crippen LogP contribution in [0.1, 0.15) is 48.0 Å². The number of rotatable bonds is 3. The van der Waals surface area contributed by atoms with Crippen molar-refractivity contribution < 1.29 is 13.2 Å². The zero-order valence-corrected chi connectivity index (χ0v) is 13.5. The summed E-state index contributed by atoms with van der Waals surface area (Å²) in [5.41, 5.74) is -0.962. The van der Waals surface area contributed by atoms with E-state index in [9.17, 15) is 13.2 Å². The highest BCUT2D eigenvalue weighted by atomic mass is 32.2. The van der Waals surface area contributed by atoms with Gasteiger partial charge in [-0.1, -0.05) is 26.8 Å². The van der Waals surface area contributed by atoms with E-state index in [0.717, 1.165) is 0 Å². The summed E-state index contributed by atoms with van der Waals surface area (Å²) in [5, 5.41) is 0. The standard InChI is InChI=1S/C14H25NO3S/c1-8-10-9-14(10,12(2,3)4)11(16)15-19(17,18)13(5,6)7/h8,10H,1,9H2,2-7H3,(H,15,16)/t10-,14-/m1/s1. The number of carbonyl (C=O) groups is 1. The van der Waals surface area contributed by atoms with E-state index in [1.807, 2.05) is 20.8 Å². The van der Waals surface area contributed by atoms with Crippen molar-refractivity contribution in [2.45, 2.75) is 52.7 Å². The fourth-order valence-corrected chi connectivity index (χ4v) is 3.14. The van der Waals surface area contributed by atoms with Crippen LogP contribution in [0.3, 0.4) is 0 Å². The summed E-state index contributed by atoms with van der Waals surface area (Å²) in [4.78, 5) is 12.5. The number of allylic oxidation sites excluding steroid dienone is 1. The molecule has 0 saturated heterocycles. The van der Waals surface area contributed by atoms with E-state index in [4.69, 9.17) is 0 Å². The molecule has 0 aliphatic heterocycles. The lowest BCUT2D eigenvalue weighted by molar-refractivity contribution is -0.128. The Morgan fingerprint density at radius 2 is 1.74 bits per heavy atom. The van der Waals surface area contributed by atoms with E-state index in [1.54, 1.807) is 26.8 Å². The molecule has 1 aliphatic carbocycles. The molecule has 1 fully saturated rings. The van der Waals surface area contributed by atoms with Gasteiger partial charge in [0.2, 0.25) is 15.9 Å². The van der Waals surface area contributed by atoms with Gasteiger partial charge >= 0.3 is 0 Å². The van der Waals surface area contributed by atoms with Crippen molar-refractivity contribution in [2.24, 2.45) is 16.7 Å². The van der Waals surface area contributed by atoms with E-state index in [2.05, 4.69) is 11.3 Å². The molecule has 0 unspecified atom stereocenters. The zero-order valence-electron chi connectivity index (χ0n) is 12.7. The molecular weight excluding hydrogens is 262 g/mol. The first-order chi connectivity index (χ1) is 8.29. The topological polar surface area (TPSA) is 63.2 Å². The Bertz CT molecular complexity index is 494. The van der Waals surface area contributed by atoms with Crippen molar-refractivity contribution in [1.29, 1.82) is 0 Å². The maximum Gasteiger partial charge on any atom is 0.240 e. The molecule has 5 heteroatoms. The number of amides is 1. The lowest BCUT2D eigenvalue weighted by atomic mass is 9.75. The van der Waals surface area contributed by atoms with Gasteiger partial charge in [0, 0.05) is 0 Å². The lowest BCUT2D eigenvalue weighted by Crippen LogP contribution is -2.48. The molecule has 1 saturated carbocycles. The monoisotopic (exact) mass is 287 g/mol. The second-order valence-electron chi connectivity index (χ2n) is 7.31. The van der Waals surface area contributed by atoms with Gasteiger partial charge in [-0.3, -0.25) is 9.52 Å². The molecule has 1 amide bonds. The first-order valence-electron chi connectivity index (χ1n) is 6.49. The Hall–Kier alpha value is -0.840. The van der Waals surface area contributed by atoms with Crippen LogP contribution < -0.4 is 4.72 Å². The van der Waals surface area contributed by atoms with Crippen molar-refractivity contribution in [2.75, 3.05) is 0 Å². The van der Waals surface area contributed by atoms with Gasteiger partial charge in [0.25, 0.3) is 0 Å². The van der Waals surface area contributed by atoms with Crippen molar-refractivity contribution >= 4 is 15.9 Å². The number of carbonyl (C=O) groups excluding carboxylic acids is 1. The van der Waals surface area contributed by atoms with Crippen LogP contribution in [0, 0.1) is 16.7 Å². The Labute approximate surface area is 116 Å². The number of sulfonamides is 1. The van der Waals surface area contributed by atoms with E-state index in [-0.39, 0.29) is 11.3 Å². The normalized spacial score (nSPS) is 27.8. The SMILES string of the molecule is C=C[C@@H]1C[C@@]1(C(=O)NS(=O)(=O)C(C)(C)C)C(C)(C)C. The van der Waals surface area contributed by atoms with Gasteiger partial charge in [-0.15, -0.1) is 6.58 Å². The van der Waals surface area contributed by atoms with Crippen molar-refractivity contribution in [3.05, 3.63) is 12.7 Å². The maximum absolute atomic E-state index is 12.5. The summed E-state index contributed by atoms with van der Waals surface area (Å²) in [6.07, 6.45) is 2.40. The predicted molar refractivity (Wildman–Crippen MR) is 77.0 cm³/mol. The van der Waals surface area contributed by atoms with Crippen LogP contribution in [0.15, 0.2) is 12.7 Å². The minimum atomic E-state index is -3.67. The highest BCUT2D eigenvalue weighted by molar-refractivity contribution is 7.91. The summed E-state index contributed by atoms with van der Waals surface area (Å²) < 4.78 is 25.5. The smallest absolute Gasteiger partial charge is 0.240 e. The molecule has 0 aromatic rings. The van der Waals surface area contributed by atoms with Crippen LogP contribution in [0.5, 0.6) is 0 Å². The van der Waals surface area contributed by atoms with Gasteiger partial charge < -0.3 is 0 Å². The summed E-state index contributed by atoms with van der Waals surface area (Å²) in [5.74, 6) is -0.359. The average Bonchev–Trinajstić information content (AvgIpc) is 2.89.